The molecular weight excluding hydrogens is 230 g/mol. The van der Waals surface area contributed by atoms with Crippen LogP contribution < -0.4 is 11.3 Å². The highest BCUT2D eigenvalue weighted by Gasteiger charge is 2.07. The van der Waals surface area contributed by atoms with Gasteiger partial charge in [-0.05, 0) is 19.4 Å². The maximum atomic E-state index is 12.0. The van der Waals surface area contributed by atoms with Crippen LogP contribution in [-0.2, 0) is 17.9 Å². The zero-order valence-electron chi connectivity index (χ0n) is 11.3. The molecule has 0 spiro atoms. The molecule has 0 saturated carbocycles. The molecule has 0 aliphatic rings. The van der Waals surface area contributed by atoms with Crippen LogP contribution in [0.3, 0.4) is 0 Å². The Morgan fingerprint density at radius 1 is 1.39 bits per heavy atom. The van der Waals surface area contributed by atoms with Crippen molar-refractivity contribution in [1.82, 2.24) is 9.47 Å². The highest BCUT2D eigenvalue weighted by molar-refractivity contribution is 5.75. The van der Waals surface area contributed by atoms with Gasteiger partial charge in [-0.15, -0.1) is 0 Å². The van der Waals surface area contributed by atoms with Crippen molar-refractivity contribution in [3.05, 3.63) is 33.7 Å². The molecule has 0 fully saturated rings. The van der Waals surface area contributed by atoms with Gasteiger partial charge in [-0.1, -0.05) is 6.07 Å². The van der Waals surface area contributed by atoms with Gasteiger partial charge in [-0.3, -0.25) is 9.59 Å². The van der Waals surface area contributed by atoms with E-state index >= 15 is 0 Å². The molecule has 0 saturated heterocycles. The minimum Gasteiger partial charge on any atom is -0.349 e. The van der Waals surface area contributed by atoms with Gasteiger partial charge in [0.1, 0.15) is 0 Å². The number of aryl methyl sites for hydroxylation is 1. The molecule has 0 unspecified atom stereocenters. The molecule has 1 aromatic rings. The Bertz CT molecular complexity index is 478. The van der Waals surface area contributed by atoms with E-state index in [9.17, 15) is 9.59 Å². The molecule has 5 nitrogen and oxygen atoms in total. The average molecular weight is 251 g/mol. The second-order valence-corrected chi connectivity index (χ2v) is 4.55. The minimum absolute atomic E-state index is 0.0465. The molecule has 0 aliphatic carbocycles. The maximum Gasteiger partial charge on any atom is 0.255 e. The SMILES string of the molecule is Cc1ccc(CN)c(=O)n1CCCC(=O)N(C)C. The van der Waals surface area contributed by atoms with E-state index in [1.165, 1.54) is 0 Å². The van der Waals surface area contributed by atoms with E-state index < -0.39 is 0 Å². The molecule has 1 rings (SSSR count). The Morgan fingerprint density at radius 3 is 2.61 bits per heavy atom. The summed E-state index contributed by atoms with van der Waals surface area (Å²) in [5, 5.41) is 0. The van der Waals surface area contributed by atoms with Crippen LogP contribution in [0.25, 0.3) is 0 Å². The minimum atomic E-state index is -0.0465. The van der Waals surface area contributed by atoms with Gasteiger partial charge in [0.05, 0.1) is 0 Å². The fraction of sp³-hybridized carbons (Fsp3) is 0.538. The van der Waals surface area contributed by atoms with Crippen molar-refractivity contribution in [2.45, 2.75) is 32.9 Å². The monoisotopic (exact) mass is 251 g/mol. The topological polar surface area (TPSA) is 68.3 Å². The summed E-state index contributed by atoms with van der Waals surface area (Å²) in [7, 11) is 3.46. The van der Waals surface area contributed by atoms with Crippen molar-refractivity contribution in [2.24, 2.45) is 5.73 Å². The summed E-state index contributed by atoms with van der Waals surface area (Å²) in [5.41, 5.74) is 6.97. The first-order valence-corrected chi connectivity index (χ1v) is 6.07. The lowest BCUT2D eigenvalue weighted by Crippen LogP contribution is -2.28. The third-order valence-corrected chi connectivity index (χ3v) is 2.96. The number of pyridine rings is 1. The Labute approximate surface area is 107 Å². The lowest BCUT2D eigenvalue weighted by atomic mass is 10.2. The number of aromatic nitrogens is 1. The van der Waals surface area contributed by atoms with Crippen molar-refractivity contribution in [3.63, 3.8) is 0 Å². The Kier molecular flexibility index (Phi) is 5.09. The van der Waals surface area contributed by atoms with Crippen LogP contribution in [0.1, 0.15) is 24.1 Å². The molecule has 1 amide bonds. The standard InChI is InChI=1S/C13H21N3O2/c1-10-6-7-11(9-14)13(18)16(10)8-4-5-12(17)15(2)3/h6-7H,4-5,8-9,14H2,1-3H3. The van der Waals surface area contributed by atoms with E-state index in [1.54, 1.807) is 29.6 Å². The number of amides is 1. The van der Waals surface area contributed by atoms with E-state index in [1.807, 2.05) is 13.0 Å². The quantitative estimate of drug-likeness (QED) is 0.827. The third kappa shape index (κ3) is 3.43. The smallest absolute Gasteiger partial charge is 0.255 e. The van der Waals surface area contributed by atoms with Crippen LogP contribution >= 0.6 is 0 Å². The fourth-order valence-electron chi connectivity index (χ4n) is 1.76. The first-order valence-electron chi connectivity index (χ1n) is 6.07. The molecule has 5 heteroatoms. The molecule has 0 atom stereocenters. The summed E-state index contributed by atoms with van der Waals surface area (Å²) in [6.45, 7) is 2.68. The fourth-order valence-corrected chi connectivity index (χ4v) is 1.76. The van der Waals surface area contributed by atoms with Crippen molar-refractivity contribution in [3.8, 4) is 0 Å². The molecule has 1 heterocycles. The number of carbonyl (C=O) groups excluding carboxylic acids is 1. The molecule has 1 aromatic heterocycles. The second kappa shape index (κ2) is 6.35. The molecule has 100 valence electrons. The average Bonchev–Trinajstić information content (AvgIpc) is 2.33. The van der Waals surface area contributed by atoms with E-state index in [0.29, 0.717) is 24.9 Å². The highest BCUT2D eigenvalue weighted by Crippen LogP contribution is 2.02. The molecule has 18 heavy (non-hydrogen) atoms. The van der Waals surface area contributed by atoms with Gasteiger partial charge in [0, 0.05) is 44.9 Å². The van der Waals surface area contributed by atoms with E-state index in [-0.39, 0.29) is 18.0 Å². The number of nitrogens with two attached hydrogens (primary N) is 1. The first-order chi connectivity index (χ1) is 8.47. The highest BCUT2D eigenvalue weighted by atomic mass is 16.2. The largest absolute Gasteiger partial charge is 0.349 e. The maximum absolute atomic E-state index is 12.0. The van der Waals surface area contributed by atoms with Gasteiger partial charge in [0.2, 0.25) is 5.91 Å². The zero-order valence-corrected chi connectivity index (χ0v) is 11.3. The molecule has 0 radical (unpaired) electrons. The van der Waals surface area contributed by atoms with Crippen LogP contribution in [0.4, 0.5) is 0 Å². The van der Waals surface area contributed by atoms with Crippen LogP contribution in [0.5, 0.6) is 0 Å². The van der Waals surface area contributed by atoms with Crippen LogP contribution in [-0.4, -0.2) is 29.5 Å². The van der Waals surface area contributed by atoms with E-state index in [2.05, 4.69) is 0 Å². The van der Waals surface area contributed by atoms with Gasteiger partial charge >= 0.3 is 0 Å². The molecule has 0 aromatic carbocycles. The number of nitrogens with zero attached hydrogens (tertiary/aromatic N) is 2. The summed E-state index contributed by atoms with van der Waals surface area (Å²) in [5.74, 6) is 0.0793. The van der Waals surface area contributed by atoms with E-state index in [4.69, 9.17) is 5.73 Å². The van der Waals surface area contributed by atoms with Crippen LogP contribution in [0.2, 0.25) is 0 Å². The summed E-state index contributed by atoms with van der Waals surface area (Å²) < 4.78 is 1.69. The Morgan fingerprint density at radius 2 is 2.06 bits per heavy atom. The second-order valence-electron chi connectivity index (χ2n) is 4.55. The van der Waals surface area contributed by atoms with Crippen molar-refractivity contribution in [2.75, 3.05) is 14.1 Å². The van der Waals surface area contributed by atoms with Gasteiger partial charge in [-0.2, -0.15) is 0 Å². The zero-order chi connectivity index (χ0) is 13.7. The normalized spacial score (nSPS) is 10.4. The number of rotatable bonds is 5. The predicted molar refractivity (Wildman–Crippen MR) is 71.3 cm³/mol. The van der Waals surface area contributed by atoms with Crippen LogP contribution in [0.15, 0.2) is 16.9 Å². The molecule has 2 N–H and O–H groups in total. The van der Waals surface area contributed by atoms with Gasteiger partial charge in [0.25, 0.3) is 5.56 Å². The molecule has 0 aliphatic heterocycles. The number of hydrogen-bond acceptors (Lipinski definition) is 3. The lowest BCUT2D eigenvalue weighted by Gasteiger charge is -2.13. The summed E-state index contributed by atoms with van der Waals surface area (Å²) in [6, 6.07) is 3.65. The first kappa shape index (κ1) is 14.4. The summed E-state index contributed by atoms with van der Waals surface area (Å²) in [4.78, 5) is 25.0. The number of carbonyl (C=O) groups is 1. The summed E-state index contributed by atoms with van der Waals surface area (Å²) in [6.07, 6.45) is 1.11. The predicted octanol–water partition coefficient (Wildman–Crippen LogP) is 0.484. The van der Waals surface area contributed by atoms with Crippen molar-refractivity contribution >= 4 is 5.91 Å². The van der Waals surface area contributed by atoms with Crippen molar-refractivity contribution in [1.29, 1.82) is 0 Å². The van der Waals surface area contributed by atoms with Crippen LogP contribution in [0, 0.1) is 6.92 Å². The molecule has 0 bridgehead atoms. The third-order valence-electron chi connectivity index (χ3n) is 2.96. The van der Waals surface area contributed by atoms with Crippen molar-refractivity contribution < 1.29 is 4.79 Å². The van der Waals surface area contributed by atoms with Gasteiger partial charge in [-0.25, -0.2) is 0 Å². The number of hydrogen-bond donors (Lipinski definition) is 1. The van der Waals surface area contributed by atoms with Gasteiger partial charge in [0.15, 0.2) is 0 Å². The lowest BCUT2D eigenvalue weighted by molar-refractivity contribution is -0.128. The summed E-state index contributed by atoms with van der Waals surface area (Å²) >= 11 is 0. The van der Waals surface area contributed by atoms with E-state index in [0.717, 1.165) is 5.69 Å². The Hall–Kier alpha value is -1.62. The molecular formula is C13H21N3O2. The Balaban J connectivity index is 2.73. The van der Waals surface area contributed by atoms with Gasteiger partial charge < -0.3 is 15.2 Å².